The van der Waals surface area contributed by atoms with E-state index < -0.39 is 237 Å². The summed E-state index contributed by atoms with van der Waals surface area (Å²) in [6.07, 6.45) is -16.7. The Hall–Kier alpha value is -2.72. The highest BCUT2D eigenvalue weighted by Crippen LogP contribution is 2.63. The molecule has 0 aromatic rings. The molecule has 98 heavy (non-hydrogen) atoms. The number of esters is 1. The quantitative estimate of drug-likeness (QED) is 0.0288. The molecule has 0 saturated carbocycles. The summed E-state index contributed by atoms with van der Waals surface area (Å²) in [6.45, 7) is 25.1. The minimum absolute atomic E-state index is 0.490. The molecule has 4 heterocycles. The predicted molar refractivity (Wildman–Crippen MR) is 336 cm³/mol. The van der Waals surface area contributed by atoms with Gasteiger partial charge < -0.3 is 146 Å². The van der Waals surface area contributed by atoms with Gasteiger partial charge in [0.25, 0.3) is 0 Å². The third kappa shape index (κ3) is 14.2. The van der Waals surface area contributed by atoms with Crippen molar-refractivity contribution in [1.29, 1.82) is 0 Å². The molecule has 0 spiro atoms. The molecule has 4 aliphatic heterocycles. The largest absolute Gasteiger partial charge is 0.463 e. The van der Waals surface area contributed by atoms with Crippen LogP contribution in [0.3, 0.4) is 0 Å². The number of hydrogen-bond donors (Lipinski definition) is 25. The Balaban J connectivity index is 0.000000655. The lowest BCUT2D eigenvalue weighted by molar-refractivity contribution is -0.501. The van der Waals surface area contributed by atoms with Crippen molar-refractivity contribution in [2.24, 2.45) is 27.6 Å². The van der Waals surface area contributed by atoms with Crippen LogP contribution in [0.15, 0.2) is 0 Å². The van der Waals surface area contributed by atoms with Gasteiger partial charge in [0.2, 0.25) is 5.79 Å². The van der Waals surface area contributed by atoms with Crippen LogP contribution in [-0.2, 0) is 47.7 Å². The molecule has 4 saturated heterocycles. The minimum atomic E-state index is -2.71. The van der Waals surface area contributed by atoms with Crippen LogP contribution < -0.4 is 5.90 Å². The summed E-state index contributed by atoms with van der Waals surface area (Å²) in [4.78, 5) is 51.0. The fraction of sp³-hybridized carbons (Fsp3) is 0.937. The first-order valence-electron chi connectivity index (χ1n) is 31.5. The molecule has 0 amide bonds. The van der Waals surface area contributed by atoms with Crippen LogP contribution in [0, 0.1) is 21.7 Å². The highest BCUT2D eigenvalue weighted by Gasteiger charge is 2.81. The lowest BCUT2D eigenvalue weighted by Crippen LogP contribution is -2.85. The average Bonchev–Trinajstić information content (AvgIpc) is 0.707. The van der Waals surface area contributed by atoms with Crippen molar-refractivity contribution >= 4 is 23.3 Å². The van der Waals surface area contributed by atoms with E-state index in [-0.39, 0.29) is 0 Å². The van der Waals surface area contributed by atoms with Crippen LogP contribution in [0.2, 0.25) is 0 Å². The number of hydrogen-bond acceptors (Lipinski definition) is 35. The number of aliphatic hydroxyl groups is 24. The topological polar surface area (TPSA) is 635 Å². The number of ketones is 3. The summed E-state index contributed by atoms with van der Waals surface area (Å²) >= 11 is 0. The van der Waals surface area contributed by atoms with E-state index in [0.29, 0.717) is 0 Å². The number of carbonyl (C=O) groups excluding carboxylic acids is 4. The molecule has 24 atom stereocenters. The van der Waals surface area contributed by atoms with Crippen molar-refractivity contribution in [3.8, 4) is 0 Å². The second kappa shape index (κ2) is 29.3. The number of ether oxygens (including phenoxy) is 5. The zero-order valence-electron chi connectivity index (χ0n) is 60.7. The van der Waals surface area contributed by atoms with Gasteiger partial charge in [-0.05, 0) is 96.9 Å². The molecule has 12 unspecified atom stereocenters. The maximum absolute atomic E-state index is 11.9. The van der Waals surface area contributed by atoms with Crippen molar-refractivity contribution in [2.75, 3.05) is 33.0 Å². The van der Waals surface area contributed by atoms with Gasteiger partial charge in [0.15, 0.2) is 34.5 Å². The number of carbonyl (C=O) groups is 4. The Kier molecular flexibility index (Phi) is 27.9. The van der Waals surface area contributed by atoms with E-state index in [2.05, 4.69) is 9.57 Å². The van der Waals surface area contributed by atoms with Gasteiger partial charge in [-0.15, -0.1) is 0 Å². The summed E-state index contributed by atoms with van der Waals surface area (Å²) < 4.78 is 26.9. The van der Waals surface area contributed by atoms with E-state index in [9.17, 15) is 121 Å². The third-order valence-electron chi connectivity index (χ3n) is 23.9. The Labute approximate surface area is 570 Å². The Morgan fingerprint density at radius 1 is 0.357 bits per heavy atom. The van der Waals surface area contributed by atoms with Crippen molar-refractivity contribution in [1.82, 2.24) is 0 Å². The molecule has 580 valence electrons. The second-order valence-electron chi connectivity index (χ2n) is 30.9. The molecule has 35 heteroatoms. The van der Waals surface area contributed by atoms with Gasteiger partial charge in [0, 0.05) is 42.4 Å². The van der Waals surface area contributed by atoms with Gasteiger partial charge in [0.05, 0.1) is 25.2 Å². The normalized spacial score (nSPS) is 44.1. The van der Waals surface area contributed by atoms with Crippen molar-refractivity contribution in [3.63, 3.8) is 0 Å². The van der Waals surface area contributed by atoms with Crippen LogP contribution in [-0.4, -0.2) is 318 Å². The molecule has 0 aromatic carbocycles. The van der Waals surface area contributed by atoms with Crippen LogP contribution in [0.4, 0.5) is 0 Å². The van der Waals surface area contributed by atoms with Gasteiger partial charge in [-0.3, -0.25) is 24.0 Å². The molecular weight excluding hydrogens is 1310 g/mol. The molecule has 0 aliphatic carbocycles. The first-order valence-corrected chi connectivity index (χ1v) is 31.5. The summed E-state index contributed by atoms with van der Waals surface area (Å²) in [5.41, 5.74) is -30.7. The molecule has 4 aliphatic rings. The van der Waals surface area contributed by atoms with E-state index in [1.165, 1.54) is 132 Å². The summed E-state index contributed by atoms with van der Waals surface area (Å²) in [6, 6.07) is 0. The zero-order valence-corrected chi connectivity index (χ0v) is 60.7. The van der Waals surface area contributed by atoms with Gasteiger partial charge >= 0.3 is 5.97 Å². The number of Topliss-reactive ketones (excluding diaryl/α,β-unsaturated/α-hetero) is 3. The molecule has 0 aromatic heterocycles. The summed E-state index contributed by atoms with van der Waals surface area (Å²) in [5, 5.41) is 250. The Morgan fingerprint density at radius 3 is 0.806 bits per heavy atom. The average molecular weight is 1430 g/mol. The predicted octanol–water partition coefficient (Wildman–Crippen LogP) is -6.85. The van der Waals surface area contributed by atoms with E-state index in [0.717, 1.165) is 27.7 Å². The molecule has 35 nitrogen and oxygen atoms in total. The van der Waals surface area contributed by atoms with E-state index in [1.54, 1.807) is 0 Å². The molecule has 0 bridgehead atoms. The highest BCUT2D eigenvalue weighted by molar-refractivity contribution is 5.81. The lowest BCUT2D eigenvalue weighted by Gasteiger charge is -2.67. The first-order chi connectivity index (χ1) is 43.1. The molecule has 4 rings (SSSR count). The monoisotopic (exact) mass is 1430 g/mol. The first kappa shape index (κ1) is 93.3. The number of nitrogens with two attached hydrogens (primary N) is 1. The van der Waals surface area contributed by atoms with Crippen LogP contribution >= 0.6 is 0 Å². The Morgan fingerprint density at radius 2 is 0.582 bits per heavy atom. The van der Waals surface area contributed by atoms with Gasteiger partial charge in [-0.2, -0.15) is 0 Å². The molecule has 0 radical (unpaired) electrons. The number of rotatable bonds is 21. The zero-order chi connectivity index (χ0) is 78.8. The van der Waals surface area contributed by atoms with E-state index in [4.69, 9.17) is 45.3 Å². The maximum atomic E-state index is 11.9. The van der Waals surface area contributed by atoms with E-state index in [1.807, 2.05) is 0 Å². The summed E-state index contributed by atoms with van der Waals surface area (Å²) in [7, 11) is 0. The van der Waals surface area contributed by atoms with Crippen LogP contribution in [0.1, 0.15) is 179 Å². The van der Waals surface area contributed by atoms with E-state index >= 15 is 0 Å². The second-order valence-corrected chi connectivity index (χ2v) is 30.9. The minimum Gasteiger partial charge on any atom is -0.463 e. The fourth-order valence-corrected chi connectivity index (χ4v) is 13.8. The Bertz CT molecular complexity index is 2770. The van der Waals surface area contributed by atoms with Crippen molar-refractivity contribution in [2.45, 2.75) is 318 Å². The molecule has 4 fully saturated rings. The van der Waals surface area contributed by atoms with Crippen LogP contribution in [0.5, 0.6) is 0 Å². The lowest BCUT2D eigenvalue weighted by atomic mass is 9.53. The maximum Gasteiger partial charge on any atom is 0.302 e. The van der Waals surface area contributed by atoms with Crippen molar-refractivity contribution in [3.05, 3.63) is 0 Å². The van der Waals surface area contributed by atoms with Gasteiger partial charge in [-0.1, -0.05) is 55.4 Å². The smallest absolute Gasteiger partial charge is 0.302 e. The third-order valence-corrected chi connectivity index (χ3v) is 23.9. The summed E-state index contributed by atoms with van der Waals surface area (Å²) in [5.74, 6) is -8.31. The highest BCUT2D eigenvalue weighted by atomic mass is 16.8. The van der Waals surface area contributed by atoms with Crippen LogP contribution in [0.25, 0.3) is 0 Å². The standard InChI is InChI=1S/C18H32O9.C16H30O9.C16H30O8.C13H27NO8/c1-10(19)8-18(25)15(5,13(22)12(21)9-26-11(2)20)27-17(7,24)14(3,4)16(18,6)23;1-12(2)14(4,22)16(24,6-9(19)7-17)13(3,25-15(12,5)23)11(21)10(20)8-18;1-9(18)7-16(23)13(4,11(20)10(19)8-17)24-15(6,22)12(2,3)14(16,5)21;1-9(2)11(4,18)13(20,22-14)10(3,21-12(9,5)19)8(17)7(16)6-15/h12-13,21-25H,8-9H2,1-7H3;10-11,17-18,20-24H,6-8H2,1-5H3;10-11,17,19-23H,7-8H2,1-6H3;7-8,15-20H,6,14H2,1-5H3/t12?,13?,15?,16-,17-,18-;2*10?,11?,13?,14-,15-,16-;7?,8?,10?,11-,12-,13+/m1111/s1. The molecular formula is C63H119NO34. The van der Waals surface area contributed by atoms with Gasteiger partial charge in [-0.25, -0.2) is 5.90 Å². The number of aliphatic hydroxyl groups excluding tert-OH is 12. The van der Waals surface area contributed by atoms with Gasteiger partial charge in [0.1, 0.15) is 130 Å². The van der Waals surface area contributed by atoms with Crippen molar-refractivity contribution < 1.29 is 170 Å². The SMILES string of the molecule is CC(=O)C[C@@]1(O)C(C)(C(O)C(O)CO)O[C@@](C)(O)C(C)(C)[C@@]1(C)O.CC(=O)C[C@@]1(O)C(C)(C(O)C(O)COC(C)=O)O[C@@](C)(O)C(C)(C)[C@@]1(C)O.CC1(C(O)C(O)CO)O[C@@](C)(O)C(C)(C)[C@@](C)(O)[C@@]1(O)CC(=O)CO.CC1(C(O)C(O)CO)O[C@@](C)(O)C(C)(C)[C@@](C)(O)[C@@]1(O)ON. The fourth-order valence-electron chi connectivity index (χ4n) is 13.8. The molecule has 26 N–H and O–H groups in total.